The lowest BCUT2D eigenvalue weighted by atomic mass is 9.86. The number of carbonyl (C=O) groups is 1. The zero-order valence-corrected chi connectivity index (χ0v) is 19.2. The van der Waals surface area contributed by atoms with Gasteiger partial charge in [0.2, 0.25) is 5.60 Å². The predicted molar refractivity (Wildman–Crippen MR) is 128 cm³/mol. The third kappa shape index (κ3) is 8.49. The van der Waals surface area contributed by atoms with Crippen LogP contribution in [0.3, 0.4) is 0 Å². The molecule has 0 spiro atoms. The van der Waals surface area contributed by atoms with Gasteiger partial charge in [0.1, 0.15) is 0 Å². The summed E-state index contributed by atoms with van der Waals surface area (Å²) < 4.78 is 5.52. The fourth-order valence-electron chi connectivity index (χ4n) is 3.97. The normalized spacial score (nSPS) is 11.4. The summed E-state index contributed by atoms with van der Waals surface area (Å²) in [5, 5.41) is 11.3. The molecule has 1 N–H and O–H groups in total. The molecule has 0 radical (unpaired) electrons. The SMILES string of the molecule is CCCCCCCCCCCCCCOC(=O)C(O)(c1ccccc1)c1ccccc1. The van der Waals surface area contributed by atoms with E-state index in [9.17, 15) is 9.90 Å². The Morgan fingerprint density at radius 2 is 1.06 bits per heavy atom. The van der Waals surface area contributed by atoms with Crippen LogP contribution in [0.5, 0.6) is 0 Å². The van der Waals surface area contributed by atoms with E-state index in [2.05, 4.69) is 6.92 Å². The third-order valence-electron chi connectivity index (χ3n) is 5.91. The van der Waals surface area contributed by atoms with Crippen molar-refractivity contribution in [2.24, 2.45) is 0 Å². The van der Waals surface area contributed by atoms with Gasteiger partial charge in [-0.1, -0.05) is 138 Å². The minimum absolute atomic E-state index is 0.345. The smallest absolute Gasteiger partial charge is 0.347 e. The molecular weight excluding hydrogens is 384 g/mol. The molecule has 0 aliphatic heterocycles. The van der Waals surface area contributed by atoms with Gasteiger partial charge in [-0.15, -0.1) is 0 Å². The van der Waals surface area contributed by atoms with Gasteiger partial charge in [-0.2, -0.15) is 0 Å². The molecule has 0 saturated carbocycles. The second-order valence-electron chi connectivity index (χ2n) is 8.47. The van der Waals surface area contributed by atoms with Crippen LogP contribution in [0.1, 0.15) is 95.1 Å². The van der Waals surface area contributed by atoms with Gasteiger partial charge in [0, 0.05) is 0 Å². The van der Waals surface area contributed by atoms with Crippen LogP contribution in [0.2, 0.25) is 0 Å². The molecule has 0 fully saturated rings. The highest BCUT2D eigenvalue weighted by Gasteiger charge is 2.41. The van der Waals surface area contributed by atoms with Gasteiger partial charge in [-0.05, 0) is 17.5 Å². The second-order valence-corrected chi connectivity index (χ2v) is 8.47. The Morgan fingerprint density at radius 3 is 1.48 bits per heavy atom. The lowest BCUT2D eigenvalue weighted by molar-refractivity contribution is -0.162. The van der Waals surface area contributed by atoms with E-state index in [0.717, 1.165) is 12.8 Å². The summed E-state index contributed by atoms with van der Waals surface area (Å²) in [4.78, 5) is 12.9. The molecule has 0 atom stereocenters. The molecular formula is C28H40O3. The van der Waals surface area contributed by atoms with Crippen molar-refractivity contribution in [1.29, 1.82) is 0 Å². The quantitative estimate of drug-likeness (QED) is 0.229. The Kier molecular flexibility index (Phi) is 12.0. The fourth-order valence-corrected chi connectivity index (χ4v) is 3.97. The maximum atomic E-state index is 12.9. The van der Waals surface area contributed by atoms with Gasteiger partial charge in [-0.3, -0.25) is 0 Å². The molecule has 0 bridgehead atoms. The van der Waals surface area contributed by atoms with Crippen LogP contribution >= 0.6 is 0 Å². The van der Waals surface area contributed by atoms with Crippen molar-refractivity contribution in [3.8, 4) is 0 Å². The maximum Gasteiger partial charge on any atom is 0.347 e. The third-order valence-corrected chi connectivity index (χ3v) is 5.91. The van der Waals surface area contributed by atoms with E-state index in [1.165, 1.54) is 64.2 Å². The van der Waals surface area contributed by atoms with Crippen molar-refractivity contribution in [3.63, 3.8) is 0 Å². The topological polar surface area (TPSA) is 46.5 Å². The van der Waals surface area contributed by atoms with E-state index in [4.69, 9.17) is 4.74 Å². The second kappa shape index (κ2) is 14.8. The molecule has 0 aliphatic carbocycles. The number of aliphatic hydroxyl groups is 1. The number of carbonyl (C=O) groups excluding carboxylic acids is 1. The van der Waals surface area contributed by atoms with E-state index < -0.39 is 11.6 Å². The summed E-state index contributed by atoms with van der Waals surface area (Å²) in [6.07, 6.45) is 15.2. The fraction of sp³-hybridized carbons (Fsp3) is 0.536. The van der Waals surface area contributed by atoms with Crippen molar-refractivity contribution < 1.29 is 14.6 Å². The molecule has 2 aromatic rings. The maximum absolute atomic E-state index is 12.9. The van der Waals surface area contributed by atoms with Gasteiger partial charge in [0.05, 0.1) is 6.61 Å². The van der Waals surface area contributed by atoms with Crippen LogP contribution in [0.15, 0.2) is 60.7 Å². The number of unbranched alkanes of at least 4 members (excludes halogenated alkanes) is 11. The predicted octanol–water partition coefficient (Wildman–Crippen LogP) is 7.17. The van der Waals surface area contributed by atoms with Crippen molar-refractivity contribution >= 4 is 5.97 Å². The van der Waals surface area contributed by atoms with Gasteiger partial charge in [-0.25, -0.2) is 4.79 Å². The zero-order valence-electron chi connectivity index (χ0n) is 19.2. The van der Waals surface area contributed by atoms with Crippen molar-refractivity contribution in [3.05, 3.63) is 71.8 Å². The summed E-state index contributed by atoms with van der Waals surface area (Å²) in [7, 11) is 0. The highest BCUT2D eigenvalue weighted by Crippen LogP contribution is 2.31. The highest BCUT2D eigenvalue weighted by atomic mass is 16.5. The van der Waals surface area contributed by atoms with Crippen LogP contribution in [-0.4, -0.2) is 17.7 Å². The lowest BCUT2D eigenvalue weighted by Gasteiger charge is -2.27. The van der Waals surface area contributed by atoms with E-state index in [1.54, 1.807) is 24.3 Å². The van der Waals surface area contributed by atoms with E-state index in [-0.39, 0.29) is 0 Å². The van der Waals surface area contributed by atoms with Crippen LogP contribution < -0.4 is 0 Å². The van der Waals surface area contributed by atoms with Gasteiger partial charge in [0.15, 0.2) is 0 Å². The summed E-state index contributed by atoms with van der Waals surface area (Å²) in [5.74, 6) is -0.604. The molecule has 31 heavy (non-hydrogen) atoms. The first-order chi connectivity index (χ1) is 15.2. The first-order valence-corrected chi connectivity index (χ1v) is 12.2. The molecule has 2 rings (SSSR count). The molecule has 0 aliphatic rings. The monoisotopic (exact) mass is 424 g/mol. The molecule has 3 nitrogen and oxygen atoms in total. The van der Waals surface area contributed by atoms with Crippen molar-refractivity contribution in [2.75, 3.05) is 6.61 Å². The van der Waals surface area contributed by atoms with Gasteiger partial charge in [0.25, 0.3) is 0 Å². The summed E-state index contributed by atoms with van der Waals surface area (Å²) in [6, 6.07) is 18.1. The Balaban J connectivity index is 1.67. The van der Waals surface area contributed by atoms with E-state index in [1.807, 2.05) is 36.4 Å². The minimum Gasteiger partial charge on any atom is -0.463 e. The average Bonchev–Trinajstić information content (AvgIpc) is 2.82. The van der Waals surface area contributed by atoms with E-state index in [0.29, 0.717) is 17.7 Å². The number of benzene rings is 2. The van der Waals surface area contributed by atoms with Crippen molar-refractivity contribution in [2.45, 2.75) is 89.6 Å². The number of hydrogen-bond donors (Lipinski definition) is 1. The highest BCUT2D eigenvalue weighted by molar-refractivity contribution is 5.85. The standard InChI is InChI=1S/C28H40O3/c1-2-3-4-5-6-7-8-9-10-11-12-19-24-31-27(29)28(30,25-20-15-13-16-21-25)26-22-17-14-18-23-26/h13-18,20-23,30H,2-12,19,24H2,1H3. The van der Waals surface area contributed by atoms with Crippen LogP contribution in [-0.2, 0) is 15.1 Å². The number of rotatable bonds is 16. The summed E-state index contributed by atoms with van der Waals surface area (Å²) in [6.45, 7) is 2.60. The van der Waals surface area contributed by atoms with Crippen LogP contribution in [0.25, 0.3) is 0 Å². The average molecular weight is 425 g/mol. The van der Waals surface area contributed by atoms with Crippen LogP contribution in [0, 0.1) is 0 Å². The molecule has 0 amide bonds. The van der Waals surface area contributed by atoms with Gasteiger partial charge >= 0.3 is 5.97 Å². The van der Waals surface area contributed by atoms with Gasteiger partial charge < -0.3 is 9.84 Å². The lowest BCUT2D eigenvalue weighted by Crippen LogP contribution is -2.38. The summed E-state index contributed by atoms with van der Waals surface area (Å²) >= 11 is 0. The van der Waals surface area contributed by atoms with Crippen molar-refractivity contribution in [1.82, 2.24) is 0 Å². The molecule has 2 aromatic carbocycles. The number of hydrogen-bond acceptors (Lipinski definition) is 3. The zero-order chi connectivity index (χ0) is 22.2. The minimum atomic E-state index is -1.78. The Hall–Kier alpha value is -2.13. The Bertz CT molecular complexity index is 672. The summed E-state index contributed by atoms with van der Waals surface area (Å²) in [5.41, 5.74) is -0.721. The number of ether oxygens (including phenoxy) is 1. The Morgan fingerprint density at radius 1 is 0.677 bits per heavy atom. The molecule has 0 saturated heterocycles. The molecule has 0 aromatic heterocycles. The molecule has 0 heterocycles. The number of esters is 1. The van der Waals surface area contributed by atoms with Crippen LogP contribution in [0.4, 0.5) is 0 Å². The first-order valence-electron chi connectivity index (χ1n) is 12.2. The largest absolute Gasteiger partial charge is 0.463 e. The molecule has 3 heteroatoms. The molecule has 170 valence electrons. The molecule has 0 unspecified atom stereocenters. The Labute approximate surface area is 188 Å². The van der Waals surface area contributed by atoms with E-state index >= 15 is 0 Å². The first kappa shape index (κ1) is 25.1.